The van der Waals surface area contributed by atoms with Gasteiger partial charge in [-0.2, -0.15) is 0 Å². The summed E-state index contributed by atoms with van der Waals surface area (Å²) >= 11 is 0. The zero-order valence-corrected chi connectivity index (χ0v) is 10.8. The molecule has 2 fully saturated rings. The number of nitrogens with two attached hydrogens (primary N) is 1. The van der Waals surface area contributed by atoms with Gasteiger partial charge in [-0.05, 0) is 25.7 Å². The third-order valence-electron chi connectivity index (χ3n) is 4.27. The fourth-order valence-corrected chi connectivity index (χ4v) is 3.11. The van der Waals surface area contributed by atoms with Gasteiger partial charge in [0.15, 0.2) is 0 Å². The monoisotopic (exact) mass is 241 g/mol. The van der Waals surface area contributed by atoms with E-state index < -0.39 is 0 Å². The van der Waals surface area contributed by atoms with Crippen LogP contribution in [0.25, 0.3) is 0 Å². The van der Waals surface area contributed by atoms with Crippen molar-refractivity contribution in [1.29, 1.82) is 0 Å². The first-order valence-electron chi connectivity index (χ1n) is 7.36. The lowest BCUT2D eigenvalue weighted by Gasteiger charge is -2.29. The van der Waals surface area contributed by atoms with Crippen LogP contribution >= 0.6 is 0 Å². The fraction of sp³-hybridized carbons (Fsp3) is 1.00. The molecule has 100 valence electrons. The number of aliphatic hydroxyl groups is 1. The van der Waals surface area contributed by atoms with Crippen LogP contribution < -0.4 is 5.73 Å². The third-order valence-corrected chi connectivity index (χ3v) is 4.27. The molecule has 0 heterocycles. The largest absolute Gasteiger partial charge is 0.390 e. The van der Waals surface area contributed by atoms with Crippen LogP contribution in [0.5, 0.6) is 0 Å². The van der Waals surface area contributed by atoms with E-state index in [1.54, 1.807) is 0 Å². The Labute approximate surface area is 105 Å². The molecule has 0 aromatic heterocycles. The van der Waals surface area contributed by atoms with E-state index in [1.807, 2.05) is 0 Å². The van der Waals surface area contributed by atoms with Gasteiger partial charge in [-0.25, -0.2) is 0 Å². The Morgan fingerprint density at radius 1 is 0.765 bits per heavy atom. The topological polar surface area (TPSA) is 55.5 Å². The highest BCUT2D eigenvalue weighted by Crippen LogP contribution is 2.26. The van der Waals surface area contributed by atoms with Crippen molar-refractivity contribution < 1.29 is 9.84 Å². The predicted molar refractivity (Wildman–Crippen MR) is 68.8 cm³/mol. The first-order valence-corrected chi connectivity index (χ1v) is 7.36. The lowest BCUT2D eigenvalue weighted by Crippen LogP contribution is -2.41. The maximum atomic E-state index is 10.1. The maximum absolute atomic E-state index is 10.1. The fourth-order valence-electron chi connectivity index (χ4n) is 3.11. The molecule has 4 atom stereocenters. The number of hydrogen-bond donors (Lipinski definition) is 2. The van der Waals surface area contributed by atoms with Gasteiger partial charge in [0.05, 0.1) is 18.3 Å². The van der Waals surface area contributed by atoms with Gasteiger partial charge in [-0.3, -0.25) is 0 Å². The standard InChI is InChI=1S/C14H27NO2/c15-11-7-3-1-5-9-13(11)17-14-10-6-2-4-8-12(14)16/h11-14,16H,1-10,15H2. The zero-order chi connectivity index (χ0) is 12.1. The molecular formula is C14H27NO2. The molecule has 4 unspecified atom stereocenters. The summed E-state index contributed by atoms with van der Waals surface area (Å²) in [6.07, 6.45) is 11.3. The van der Waals surface area contributed by atoms with Crippen molar-refractivity contribution in [3.63, 3.8) is 0 Å². The zero-order valence-electron chi connectivity index (χ0n) is 10.8. The minimum atomic E-state index is -0.270. The molecule has 3 N–H and O–H groups in total. The normalized spacial score (nSPS) is 40.6. The van der Waals surface area contributed by atoms with Crippen LogP contribution in [-0.4, -0.2) is 29.5 Å². The van der Waals surface area contributed by atoms with Gasteiger partial charge in [0, 0.05) is 6.04 Å². The summed E-state index contributed by atoms with van der Waals surface area (Å²) in [5, 5.41) is 10.1. The summed E-state index contributed by atoms with van der Waals surface area (Å²) in [6, 6.07) is 0.174. The van der Waals surface area contributed by atoms with Crippen molar-refractivity contribution in [2.45, 2.75) is 88.6 Å². The molecule has 17 heavy (non-hydrogen) atoms. The van der Waals surface area contributed by atoms with Gasteiger partial charge >= 0.3 is 0 Å². The molecule has 0 aromatic rings. The minimum absolute atomic E-state index is 0.0339. The Kier molecular flexibility index (Phi) is 5.26. The van der Waals surface area contributed by atoms with E-state index in [9.17, 15) is 5.11 Å². The Morgan fingerprint density at radius 3 is 2.12 bits per heavy atom. The molecule has 2 rings (SSSR count). The highest BCUT2D eigenvalue weighted by Gasteiger charge is 2.28. The minimum Gasteiger partial charge on any atom is -0.390 e. The lowest BCUT2D eigenvalue weighted by atomic mass is 10.0. The molecule has 0 amide bonds. The molecule has 0 saturated heterocycles. The summed E-state index contributed by atoms with van der Waals surface area (Å²) in [5.41, 5.74) is 6.17. The lowest BCUT2D eigenvalue weighted by molar-refractivity contribution is -0.0883. The summed E-state index contributed by atoms with van der Waals surface area (Å²) < 4.78 is 6.14. The number of aliphatic hydroxyl groups excluding tert-OH is 1. The van der Waals surface area contributed by atoms with Crippen LogP contribution in [0, 0.1) is 0 Å². The van der Waals surface area contributed by atoms with E-state index in [-0.39, 0.29) is 24.4 Å². The first-order chi connectivity index (χ1) is 8.27. The molecule has 2 saturated carbocycles. The Hall–Kier alpha value is -0.120. The van der Waals surface area contributed by atoms with Gasteiger partial charge in [0.1, 0.15) is 0 Å². The van der Waals surface area contributed by atoms with Gasteiger partial charge in [0.2, 0.25) is 0 Å². The predicted octanol–water partition coefficient (Wildman–Crippen LogP) is 2.36. The molecule has 0 radical (unpaired) electrons. The Bertz CT molecular complexity index is 200. The highest BCUT2D eigenvalue weighted by molar-refractivity contribution is 4.81. The van der Waals surface area contributed by atoms with Crippen molar-refractivity contribution in [2.75, 3.05) is 0 Å². The third kappa shape index (κ3) is 3.94. The molecule has 3 nitrogen and oxygen atoms in total. The van der Waals surface area contributed by atoms with E-state index in [0.29, 0.717) is 0 Å². The van der Waals surface area contributed by atoms with E-state index >= 15 is 0 Å². The quantitative estimate of drug-likeness (QED) is 0.730. The van der Waals surface area contributed by atoms with E-state index in [4.69, 9.17) is 10.5 Å². The van der Waals surface area contributed by atoms with E-state index in [2.05, 4.69) is 0 Å². The van der Waals surface area contributed by atoms with Crippen molar-refractivity contribution in [1.82, 2.24) is 0 Å². The second kappa shape index (κ2) is 6.72. The highest BCUT2D eigenvalue weighted by atomic mass is 16.5. The van der Waals surface area contributed by atoms with Gasteiger partial charge in [0.25, 0.3) is 0 Å². The number of hydrogen-bond acceptors (Lipinski definition) is 3. The smallest absolute Gasteiger partial charge is 0.0838 e. The summed E-state index contributed by atoms with van der Waals surface area (Å²) in [6.45, 7) is 0. The van der Waals surface area contributed by atoms with Gasteiger partial charge in [-0.1, -0.05) is 38.5 Å². The average Bonchev–Trinajstić information content (AvgIpc) is 2.63. The Morgan fingerprint density at radius 2 is 1.35 bits per heavy atom. The number of rotatable bonds is 2. The van der Waals surface area contributed by atoms with Crippen molar-refractivity contribution in [2.24, 2.45) is 5.73 Å². The van der Waals surface area contributed by atoms with Crippen molar-refractivity contribution in [3.8, 4) is 0 Å². The van der Waals surface area contributed by atoms with E-state index in [0.717, 1.165) is 32.1 Å². The SMILES string of the molecule is NC1CCCCCC1OC1CCCCCC1O. The molecule has 0 bridgehead atoms. The first kappa shape index (κ1) is 13.3. The Balaban J connectivity index is 1.88. The van der Waals surface area contributed by atoms with Crippen LogP contribution in [0.3, 0.4) is 0 Å². The molecule has 2 aliphatic carbocycles. The number of ether oxygens (including phenoxy) is 1. The molecular weight excluding hydrogens is 214 g/mol. The van der Waals surface area contributed by atoms with E-state index in [1.165, 1.54) is 32.1 Å². The van der Waals surface area contributed by atoms with Crippen LogP contribution in [-0.2, 0) is 4.74 Å². The summed E-state index contributed by atoms with van der Waals surface area (Å²) in [4.78, 5) is 0. The molecule has 0 aromatic carbocycles. The summed E-state index contributed by atoms with van der Waals surface area (Å²) in [5.74, 6) is 0. The van der Waals surface area contributed by atoms with Gasteiger partial charge < -0.3 is 15.6 Å². The second-order valence-electron chi connectivity index (χ2n) is 5.72. The second-order valence-corrected chi connectivity index (χ2v) is 5.72. The van der Waals surface area contributed by atoms with Crippen LogP contribution in [0.2, 0.25) is 0 Å². The average molecular weight is 241 g/mol. The molecule has 0 aliphatic heterocycles. The van der Waals surface area contributed by atoms with Crippen LogP contribution in [0.15, 0.2) is 0 Å². The van der Waals surface area contributed by atoms with Crippen LogP contribution in [0.4, 0.5) is 0 Å². The van der Waals surface area contributed by atoms with Crippen molar-refractivity contribution >= 4 is 0 Å². The molecule has 0 spiro atoms. The maximum Gasteiger partial charge on any atom is 0.0838 e. The van der Waals surface area contributed by atoms with Crippen LogP contribution in [0.1, 0.15) is 64.2 Å². The summed E-state index contributed by atoms with van der Waals surface area (Å²) in [7, 11) is 0. The molecule has 2 aliphatic rings. The van der Waals surface area contributed by atoms with Crippen molar-refractivity contribution in [3.05, 3.63) is 0 Å². The van der Waals surface area contributed by atoms with Gasteiger partial charge in [-0.15, -0.1) is 0 Å². The molecule has 3 heteroatoms.